The Morgan fingerprint density at radius 1 is 1.70 bits per heavy atom. The van der Waals surface area contributed by atoms with Gasteiger partial charge in [0, 0.05) is 4.88 Å². The summed E-state index contributed by atoms with van der Waals surface area (Å²) < 4.78 is 0. The van der Waals surface area contributed by atoms with E-state index >= 15 is 0 Å². The van der Waals surface area contributed by atoms with Gasteiger partial charge in [-0.05, 0) is 22.7 Å². The topological polar surface area (TPSA) is 24.9 Å². The monoisotopic (exact) mass is 174 g/mol. The van der Waals surface area contributed by atoms with Crippen molar-refractivity contribution in [3.63, 3.8) is 0 Å². The molecule has 10 heavy (non-hydrogen) atoms. The standard InChI is InChI=1S/C6H11N2PS/c1-3-5-4(2)7-6(8-9)10-5/h3,9H2,1-2H3,(H,7,8). The third-order valence-corrected chi connectivity index (χ3v) is 3.05. The van der Waals surface area contributed by atoms with E-state index in [2.05, 4.69) is 26.4 Å². The largest absolute Gasteiger partial charge is 0.346 e. The van der Waals surface area contributed by atoms with Gasteiger partial charge in [-0.3, -0.25) is 0 Å². The molecule has 0 saturated heterocycles. The molecular weight excluding hydrogens is 163 g/mol. The first-order valence-corrected chi connectivity index (χ1v) is 4.60. The normalized spacial score (nSPS) is 9.90. The van der Waals surface area contributed by atoms with Gasteiger partial charge in [0.15, 0.2) is 5.13 Å². The molecule has 56 valence electrons. The Kier molecular flexibility index (Phi) is 2.64. The zero-order valence-electron chi connectivity index (χ0n) is 6.14. The van der Waals surface area contributed by atoms with E-state index < -0.39 is 0 Å². The number of aryl methyl sites for hydroxylation is 2. The van der Waals surface area contributed by atoms with Crippen LogP contribution >= 0.6 is 20.7 Å². The molecule has 0 aliphatic heterocycles. The zero-order chi connectivity index (χ0) is 7.56. The SMILES string of the molecule is CCc1sc(NP)nc1C. The summed E-state index contributed by atoms with van der Waals surface area (Å²) in [5.74, 6) is 0. The van der Waals surface area contributed by atoms with Crippen molar-refractivity contribution in [1.29, 1.82) is 0 Å². The molecule has 0 fully saturated rings. The van der Waals surface area contributed by atoms with E-state index in [1.807, 2.05) is 6.92 Å². The van der Waals surface area contributed by atoms with Crippen LogP contribution in [0.3, 0.4) is 0 Å². The lowest BCUT2D eigenvalue weighted by Crippen LogP contribution is -1.78. The average Bonchev–Trinajstić information content (AvgIpc) is 2.30. The highest BCUT2D eigenvalue weighted by molar-refractivity contribution is 7.23. The average molecular weight is 174 g/mol. The first-order valence-electron chi connectivity index (χ1n) is 3.20. The van der Waals surface area contributed by atoms with E-state index in [9.17, 15) is 0 Å². The lowest BCUT2D eigenvalue weighted by molar-refractivity contribution is 1.12. The summed E-state index contributed by atoms with van der Waals surface area (Å²) in [5, 5.41) is 3.93. The minimum Gasteiger partial charge on any atom is -0.346 e. The lowest BCUT2D eigenvalue weighted by Gasteiger charge is -1.86. The van der Waals surface area contributed by atoms with Crippen LogP contribution < -0.4 is 5.09 Å². The molecule has 1 rings (SSSR count). The summed E-state index contributed by atoms with van der Waals surface area (Å²) >= 11 is 1.72. The first-order chi connectivity index (χ1) is 4.77. The summed E-state index contributed by atoms with van der Waals surface area (Å²) in [4.78, 5) is 5.65. The van der Waals surface area contributed by atoms with E-state index in [4.69, 9.17) is 0 Å². The molecule has 0 saturated carbocycles. The molecule has 1 aromatic heterocycles. The molecule has 1 aromatic rings. The van der Waals surface area contributed by atoms with Crippen molar-refractivity contribution in [2.24, 2.45) is 0 Å². The Morgan fingerprint density at radius 2 is 2.40 bits per heavy atom. The summed E-state index contributed by atoms with van der Waals surface area (Å²) in [6, 6.07) is 0. The maximum atomic E-state index is 4.29. The van der Waals surface area contributed by atoms with E-state index in [-0.39, 0.29) is 0 Å². The molecule has 1 atom stereocenters. The third-order valence-electron chi connectivity index (χ3n) is 1.34. The van der Waals surface area contributed by atoms with Gasteiger partial charge in [-0.15, -0.1) is 11.3 Å². The molecule has 4 heteroatoms. The molecule has 1 heterocycles. The van der Waals surface area contributed by atoms with Crippen LogP contribution in [0.5, 0.6) is 0 Å². The zero-order valence-corrected chi connectivity index (χ0v) is 8.11. The number of aromatic nitrogens is 1. The van der Waals surface area contributed by atoms with Crippen molar-refractivity contribution >= 4 is 25.9 Å². The van der Waals surface area contributed by atoms with Gasteiger partial charge in [-0.2, -0.15) is 0 Å². The van der Waals surface area contributed by atoms with Crippen molar-refractivity contribution in [1.82, 2.24) is 4.98 Å². The van der Waals surface area contributed by atoms with Gasteiger partial charge in [-0.1, -0.05) is 6.92 Å². The molecule has 0 aliphatic carbocycles. The predicted molar refractivity (Wildman–Crippen MR) is 49.6 cm³/mol. The Morgan fingerprint density at radius 3 is 2.70 bits per heavy atom. The fourth-order valence-corrected chi connectivity index (χ4v) is 1.87. The van der Waals surface area contributed by atoms with Gasteiger partial charge >= 0.3 is 0 Å². The van der Waals surface area contributed by atoms with E-state index in [0.29, 0.717) is 0 Å². The fourth-order valence-electron chi connectivity index (χ4n) is 0.818. The first kappa shape index (κ1) is 7.96. The quantitative estimate of drug-likeness (QED) is 0.695. The van der Waals surface area contributed by atoms with Gasteiger partial charge in [-0.25, -0.2) is 4.98 Å². The highest BCUT2D eigenvalue weighted by Gasteiger charge is 2.02. The van der Waals surface area contributed by atoms with Crippen LogP contribution in [0.1, 0.15) is 17.5 Å². The predicted octanol–water partition coefficient (Wildman–Crippen LogP) is 2.22. The highest BCUT2D eigenvalue weighted by atomic mass is 32.1. The Bertz CT molecular complexity index is 222. The second-order valence-corrected chi connectivity index (χ2v) is 3.40. The van der Waals surface area contributed by atoms with Crippen LogP contribution in [-0.4, -0.2) is 4.98 Å². The number of anilines is 1. The number of nitrogens with one attached hydrogen (secondary N) is 1. The molecule has 2 nitrogen and oxygen atoms in total. The van der Waals surface area contributed by atoms with E-state index in [1.165, 1.54) is 4.88 Å². The number of thiazole rings is 1. The number of hydrogen-bond acceptors (Lipinski definition) is 3. The maximum Gasteiger partial charge on any atom is 0.186 e. The number of hydrogen-bond donors (Lipinski definition) is 1. The van der Waals surface area contributed by atoms with Crippen molar-refractivity contribution in [3.8, 4) is 0 Å². The summed E-state index contributed by atoms with van der Waals surface area (Å²) in [7, 11) is 2.45. The number of nitrogens with zero attached hydrogens (tertiary/aromatic N) is 1. The molecule has 0 spiro atoms. The molecule has 1 N–H and O–H groups in total. The van der Waals surface area contributed by atoms with Gasteiger partial charge < -0.3 is 5.09 Å². The van der Waals surface area contributed by atoms with Gasteiger partial charge in [0.2, 0.25) is 0 Å². The third kappa shape index (κ3) is 1.47. The number of rotatable bonds is 2. The van der Waals surface area contributed by atoms with Gasteiger partial charge in [0.05, 0.1) is 5.69 Å². The molecule has 1 unspecified atom stereocenters. The molecule has 0 radical (unpaired) electrons. The molecule has 0 bridgehead atoms. The highest BCUT2D eigenvalue weighted by Crippen LogP contribution is 2.23. The Hall–Kier alpha value is -0.140. The van der Waals surface area contributed by atoms with E-state index in [0.717, 1.165) is 17.2 Å². The van der Waals surface area contributed by atoms with Crippen LogP contribution in [-0.2, 0) is 6.42 Å². The van der Waals surface area contributed by atoms with Crippen LogP contribution in [0.2, 0.25) is 0 Å². The smallest absolute Gasteiger partial charge is 0.186 e. The minimum absolute atomic E-state index is 0.986. The molecular formula is C6H11N2PS. The van der Waals surface area contributed by atoms with Crippen LogP contribution in [0.4, 0.5) is 5.13 Å². The Labute approximate surface area is 67.3 Å². The van der Waals surface area contributed by atoms with Crippen molar-refractivity contribution in [3.05, 3.63) is 10.6 Å². The van der Waals surface area contributed by atoms with Crippen LogP contribution in [0.15, 0.2) is 0 Å². The minimum atomic E-state index is 0.986. The van der Waals surface area contributed by atoms with Crippen molar-refractivity contribution < 1.29 is 0 Å². The summed E-state index contributed by atoms with van der Waals surface area (Å²) in [5.41, 5.74) is 1.15. The van der Waals surface area contributed by atoms with Crippen LogP contribution in [0, 0.1) is 6.92 Å². The molecule has 0 aromatic carbocycles. The van der Waals surface area contributed by atoms with Crippen molar-refractivity contribution in [2.75, 3.05) is 5.09 Å². The summed E-state index contributed by atoms with van der Waals surface area (Å²) in [6.07, 6.45) is 1.08. The summed E-state index contributed by atoms with van der Waals surface area (Å²) in [6.45, 7) is 4.19. The molecule has 0 amide bonds. The van der Waals surface area contributed by atoms with Crippen LogP contribution in [0.25, 0.3) is 0 Å². The second-order valence-electron chi connectivity index (χ2n) is 2.03. The Balaban J connectivity index is 2.92. The maximum absolute atomic E-state index is 4.29. The molecule has 0 aliphatic rings. The van der Waals surface area contributed by atoms with E-state index in [1.54, 1.807) is 11.3 Å². The fraction of sp³-hybridized carbons (Fsp3) is 0.500. The second kappa shape index (κ2) is 3.31. The lowest BCUT2D eigenvalue weighted by atomic mass is 10.3. The van der Waals surface area contributed by atoms with Gasteiger partial charge in [0.1, 0.15) is 0 Å². The van der Waals surface area contributed by atoms with Gasteiger partial charge in [0.25, 0.3) is 0 Å². The van der Waals surface area contributed by atoms with Crippen molar-refractivity contribution in [2.45, 2.75) is 20.3 Å².